The lowest BCUT2D eigenvalue weighted by Crippen LogP contribution is -2.29. The molecule has 0 radical (unpaired) electrons. The Labute approximate surface area is 103 Å². The highest BCUT2D eigenvalue weighted by Crippen LogP contribution is 2.19. The van der Waals surface area contributed by atoms with Crippen LogP contribution in [0.25, 0.3) is 0 Å². The van der Waals surface area contributed by atoms with Crippen molar-refractivity contribution in [3.8, 4) is 0 Å². The lowest BCUT2D eigenvalue weighted by molar-refractivity contribution is -0.384. The van der Waals surface area contributed by atoms with Crippen LogP contribution in [0.3, 0.4) is 0 Å². The maximum atomic E-state index is 11.1. The van der Waals surface area contributed by atoms with Crippen molar-refractivity contribution in [1.82, 2.24) is 5.32 Å². The summed E-state index contributed by atoms with van der Waals surface area (Å²) in [4.78, 5) is 21.1. The topological polar surface area (TPSA) is 113 Å². The maximum absolute atomic E-state index is 11.1. The molecule has 0 heterocycles. The van der Waals surface area contributed by atoms with Crippen LogP contribution in [-0.2, 0) is 4.79 Å². The van der Waals surface area contributed by atoms with Gasteiger partial charge in [-0.05, 0) is 18.5 Å². The molecular weight excluding hydrogens is 240 g/mol. The molecule has 0 bridgehead atoms. The Morgan fingerprint density at radius 1 is 1.50 bits per heavy atom. The zero-order valence-electron chi connectivity index (χ0n) is 9.57. The number of aliphatic hydroxyl groups excluding tert-OH is 1. The molecule has 0 saturated carbocycles. The molecule has 1 unspecified atom stereocenters. The van der Waals surface area contributed by atoms with Gasteiger partial charge in [-0.15, -0.1) is 0 Å². The third-order valence-corrected chi connectivity index (χ3v) is 2.34. The zero-order valence-corrected chi connectivity index (χ0v) is 9.57. The lowest BCUT2D eigenvalue weighted by atomic mass is 10.1. The summed E-state index contributed by atoms with van der Waals surface area (Å²) < 4.78 is 0. The van der Waals surface area contributed by atoms with Gasteiger partial charge in [-0.25, -0.2) is 0 Å². The number of non-ortho nitro benzene ring substituents is 1. The minimum absolute atomic E-state index is 0.0473. The molecule has 3 N–H and O–H groups in total. The summed E-state index contributed by atoms with van der Waals surface area (Å²) in [5.74, 6) is -1.12. The summed E-state index contributed by atoms with van der Waals surface area (Å²) in [7, 11) is 0. The van der Waals surface area contributed by atoms with Crippen LogP contribution in [0.1, 0.15) is 18.0 Å². The van der Waals surface area contributed by atoms with E-state index >= 15 is 0 Å². The number of benzene rings is 1. The predicted molar refractivity (Wildman–Crippen MR) is 63.2 cm³/mol. The lowest BCUT2D eigenvalue weighted by Gasteiger charge is -2.14. The van der Waals surface area contributed by atoms with Crippen LogP contribution in [0.5, 0.6) is 0 Å². The number of aliphatic carboxylic acids is 1. The number of nitro benzene ring substituents is 1. The quantitative estimate of drug-likeness (QED) is 0.375. The normalized spacial score (nSPS) is 12.1. The van der Waals surface area contributed by atoms with E-state index in [1.807, 2.05) is 0 Å². The molecule has 0 fully saturated rings. The Morgan fingerprint density at radius 2 is 2.22 bits per heavy atom. The van der Waals surface area contributed by atoms with Crippen molar-refractivity contribution < 1.29 is 19.9 Å². The van der Waals surface area contributed by atoms with E-state index in [1.165, 1.54) is 24.3 Å². The van der Waals surface area contributed by atoms with Crippen molar-refractivity contribution in [3.63, 3.8) is 0 Å². The average Bonchev–Trinajstić information content (AvgIpc) is 2.34. The molecule has 1 aromatic rings. The number of carbonyl (C=O) groups is 1. The van der Waals surface area contributed by atoms with Gasteiger partial charge in [-0.1, -0.05) is 12.1 Å². The second-order valence-corrected chi connectivity index (χ2v) is 3.65. The predicted octanol–water partition coefficient (Wildman–Crippen LogP) is 0.693. The van der Waals surface area contributed by atoms with Crippen LogP contribution >= 0.6 is 0 Å². The Kier molecular flexibility index (Phi) is 5.22. The summed E-state index contributed by atoms with van der Waals surface area (Å²) in [5, 5.41) is 31.0. The second-order valence-electron chi connectivity index (χ2n) is 3.65. The number of rotatable bonds is 7. The monoisotopic (exact) mass is 254 g/mol. The smallest absolute Gasteiger partial charge is 0.325 e. The molecule has 98 valence electrons. The van der Waals surface area contributed by atoms with Crippen LogP contribution in [0.15, 0.2) is 24.3 Å². The largest absolute Gasteiger partial charge is 0.480 e. The fourth-order valence-corrected chi connectivity index (χ4v) is 1.49. The van der Waals surface area contributed by atoms with E-state index in [0.29, 0.717) is 18.5 Å². The maximum Gasteiger partial charge on any atom is 0.325 e. The first-order chi connectivity index (χ1) is 8.56. The number of carboxylic acids is 1. The summed E-state index contributed by atoms with van der Waals surface area (Å²) in [6.07, 6.45) is 0.415. The number of nitro groups is 1. The van der Waals surface area contributed by atoms with E-state index in [9.17, 15) is 14.9 Å². The SMILES string of the molecule is O=C(O)C(NCCCO)c1cccc([N+](=O)[O-])c1. The molecule has 1 atom stereocenters. The molecule has 7 nitrogen and oxygen atoms in total. The van der Waals surface area contributed by atoms with E-state index < -0.39 is 16.9 Å². The van der Waals surface area contributed by atoms with Crippen molar-refractivity contribution >= 4 is 11.7 Å². The molecule has 1 rings (SSSR count). The van der Waals surface area contributed by atoms with Gasteiger partial charge in [-0.2, -0.15) is 0 Å². The second kappa shape index (κ2) is 6.67. The van der Waals surface area contributed by atoms with Gasteiger partial charge in [0.25, 0.3) is 5.69 Å². The number of aliphatic hydroxyl groups is 1. The van der Waals surface area contributed by atoms with Gasteiger partial charge in [0.15, 0.2) is 0 Å². The molecule has 18 heavy (non-hydrogen) atoms. The first kappa shape index (κ1) is 14.1. The highest BCUT2D eigenvalue weighted by Gasteiger charge is 2.20. The molecule has 0 saturated heterocycles. The van der Waals surface area contributed by atoms with Gasteiger partial charge in [0, 0.05) is 18.7 Å². The van der Waals surface area contributed by atoms with Crippen molar-refractivity contribution in [2.45, 2.75) is 12.5 Å². The molecule has 0 aliphatic rings. The van der Waals surface area contributed by atoms with Crippen LogP contribution in [0.2, 0.25) is 0 Å². The van der Waals surface area contributed by atoms with Crippen LogP contribution in [0, 0.1) is 10.1 Å². The highest BCUT2D eigenvalue weighted by molar-refractivity contribution is 5.75. The van der Waals surface area contributed by atoms with Crippen LogP contribution in [-0.4, -0.2) is 34.3 Å². The third kappa shape index (κ3) is 3.79. The Balaban J connectivity index is 2.88. The van der Waals surface area contributed by atoms with Gasteiger partial charge in [0.2, 0.25) is 0 Å². The summed E-state index contributed by atoms with van der Waals surface area (Å²) in [5.41, 5.74) is 0.164. The fraction of sp³-hybridized carbons (Fsp3) is 0.364. The Bertz CT molecular complexity index is 435. The van der Waals surface area contributed by atoms with E-state index in [0.717, 1.165) is 0 Å². The van der Waals surface area contributed by atoms with Crippen molar-refractivity contribution in [1.29, 1.82) is 0 Å². The van der Waals surface area contributed by atoms with E-state index in [2.05, 4.69) is 5.32 Å². The van der Waals surface area contributed by atoms with Gasteiger partial charge in [0.05, 0.1) is 4.92 Å². The highest BCUT2D eigenvalue weighted by atomic mass is 16.6. The van der Waals surface area contributed by atoms with Gasteiger partial charge in [0.1, 0.15) is 6.04 Å². The number of nitrogens with zero attached hydrogens (tertiary/aromatic N) is 1. The van der Waals surface area contributed by atoms with Gasteiger partial charge < -0.3 is 15.5 Å². The van der Waals surface area contributed by atoms with Crippen molar-refractivity contribution in [2.24, 2.45) is 0 Å². The van der Waals surface area contributed by atoms with Gasteiger partial charge >= 0.3 is 5.97 Å². The van der Waals surface area contributed by atoms with E-state index in [1.54, 1.807) is 0 Å². The number of hydrogen-bond donors (Lipinski definition) is 3. The van der Waals surface area contributed by atoms with Crippen LogP contribution in [0.4, 0.5) is 5.69 Å². The fourth-order valence-electron chi connectivity index (χ4n) is 1.49. The molecular formula is C11H14N2O5. The minimum Gasteiger partial charge on any atom is -0.480 e. The van der Waals surface area contributed by atoms with Crippen LogP contribution < -0.4 is 5.32 Å². The number of hydrogen-bond acceptors (Lipinski definition) is 5. The Hall–Kier alpha value is -1.99. The first-order valence-electron chi connectivity index (χ1n) is 5.37. The summed E-state index contributed by atoms with van der Waals surface area (Å²) >= 11 is 0. The van der Waals surface area contributed by atoms with Crippen molar-refractivity contribution in [3.05, 3.63) is 39.9 Å². The first-order valence-corrected chi connectivity index (χ1v) is 5.37. The molecule has 0 aliphatic carbocycles. The molecule has 0 spiro atoms. The van der Waals surface area contributed by atoms with E-state index in [4.69, 9.17) is 10.2 Å². The molecule has 0 aromatic heterocycles. The molecule has 1 aromatic carbocycles. The summed E-state index contributed by atoms with van der Waals surface area (Å²) in [6.45, 7) is 0.268. The number of carboxylic acid groups (broad SMARTS) is 1. The zero-order chi connectivity index (χ0) is 13.5. The van der Waals surface area contributed by atoms with E-state index in [-0.39, 0.29) is 12.3 Å². The number of nitrogens with one attached hydrogen (secondary N) is 1. The average molecular weight is 254 g/mol. The molecule has 0 amide bonds. The molecule has 0 aliphatic heterocycles. The minimum atomic E-state index is -1.12. The van der Waals surface area contributed by atoms with Gasteiger partial charge in [-0.3, -0.25) is 14.9 Å². The summed E-state index contributed by atoms with van der Waals surface area (Å²) in [6, 6.07) is 4.46. The molecule has 7 heteroatoms. The standard InChI is InChI=1S/C11H14N2O5/c14-6-2-5-12-10(11(15)16)8-3-1-4-9(7-8)13(17)18/h1,3-4,7,10,12,14H,2,5-6H2,(H,15,16). The Morgan fingerprint density at radius 3 is 2.78 bits per heavy atom. The third-order valence-electron chi connectivity index (χ3n) is 2.34. The van der Waals surface area contributed by atoms with Crippen molar-refractivity contribution in [2.75, 3.05) is 13.2 Å².